The van der Waals surface area contributed by atoms with E-state index in [1.165, 1.54) is 31.5 Å². The van der Waals surface area contributed by atoms with Crippen LogP contribution in [0, 0.1) is 10.1 Å². The van der Waals surface area contributed by atoms with Gasteiger partial charge >= 0.3 is 0 Å². The molecule has 7 nitrogen and oxygen atoms in total. The Morgan fingerprint density at radius 2 is 2.08 bits per heavy atom. The Kier molecular flexibility index (Phi) is 6.48. The fourth-order valence-corrected chi connectivity index (χ4v) is 2.99. The zero-order valence-electron chi connectivity index (χ0n) is 14.0. The van der Waals surface area contributed by atoms with E-state index in [-0.39, 0.29) is 5.69 Å². The van der Waals surface area contributed by atoms with E-state index in [1.807, 2.05) is 0 Å². The van der Waals surface area contributed by atoms with Gasteiger partial charge in [0.25, 0.3) is 5.69 Å². The highest BCUT2D eigenvalue weighted by Gasteiger charge is 2.16. The summed E-state index contributed by atoms with van der Waals surface area (Å²) in [6.45, 7) is 0. The summed E-state index contributed by atoms with van der Waals surface area (Å²) in [4.78, 5) is 12.5. The van der Waals surface area contributed by atoms with Crippen molar-refractivity contribution in [3.8, 4) is 0 Å². The number of thiocarbonyl (C=S) groups is 1. The van der Waals surface area contributed by atoms with Crippen molar-refractivity contribution in [3.05, 3.63) is 33.9 Å². The van der Waals surface area contributed by atoms with Gasteiger partial charge in [-0.15, -0.1) is 0 Å². The molecular weight excluding hydrogens is 326 g/mol. The SMILES string of the molecule is CN(C)c1ccc(/C=N\NC(=S)NC2CCCCC2)cc1[N+](=O)[O-]. The third-order valence-corrected chi connectivity index (χ3v) is 4.21. The van der Waals surface area contributed by atoms with E-state index in [4.69, 9.17) is 12.2 Å². The minimum atomic E-state index is -0.393. The van der Waals surface area contributed by atoms with Crippen molar-refractivity contribution in [3.63, 3.8) is 0 Å². The van der Waals surface area contributed by atoms with Crippen LogP contribution in [-0.2, 0) is 0 Å². The van der Waals surface area contributed by atoms with Gasteiger partial charge in [-0.2, -0.15) is 5.10 Å². The average Bonchev–Trinajstić information content (AvgIpc) is 2.55. The Labute approximate surface area is 147 Å². The van der Waals surface area contributed by atoms with E-state index >= 15 is 0 Å². The first kappa shape index (κ1) is 18.1. The second kappa shape index (κ2) is 8.58. The molecule has 0 bridgehead atoms. The van der Waals surface area contributed by atoms with Gasteiger partial charge in [-0.05, 0) is 31.1 Å². The van der Waals surface area contributed by atoms with Crippen LogP contribution in [0.2, 0.25) is 0 Å². The van der Waals surface area contributed by atoms with Crippen LogP contribution in [0.25, 0.3) is 0 Å². The van der Waals surface area contributed by atoms with E-state index in [0.717, 1.165) is 12.8 Å². The number of nitrogens with one attached hydrogen (secondary N) is 2. The molecule has 0 heterocycles. The third-order valence-electron chi connectivity index (χ3n) is 4.00. The van der Waals surface area contributed by atoms with Gasteiger partial charge in [-0.25, -0.2) is 0 Å². The first-order chi connectivity index (χ1) is 11.5. The maximum atomic E-state index is 11.2. The van der Waals surface area contributed by atoms with Gasteiger partial charge in [0.15, 0.2) is 5.11 Å². The number of rotatable bonds is 5. The van der Waals surface area contributed by atoms with Crippen LogP contribution < -0.4 is 15.6 Å². The lowest BCUT2D eigenvalue weighted by Gasteiger charge is -2.23. The van der Waals surface area contributed by atoms with E-state index in [1.54, 1.807) is 31.1 Å². The molecule has 1 aliphatic rings. The first-order valence-corrected chi connectivity index (χ1v) is 8.43. The summed E-state index contributed by atoms with van der Waals surface area (Å²) in [5.41, 5.74) is 4.02. The van der Waals surface area contributed by atoms with Gasteiger partial charge in [0.1, 0.15) is 5.69 Å². The van der Waals surface area contributed by atoms with Crippen LogP contribution >= 0.6 is 12.2 Å². The van der Waals surface area contributed by atoms with Gasteiger partial charge in [0.2, 0.25) is 0 Å². The molecule has 0 saturated heterocycles. The fourth-order valence-electron chi connectivity index (χ4n) is 2.78. The smallest absolute Gasteiger partial charge is 0.293 e. The largest absolute Gasteiger partial charge is 0.372 e. The lowest BCUT2D eigenvalue weighted by Crippen LogP contribution is -2.40. The van der Waals surface area contributed by atoms with Crippen molar-refractivity contribution in [2.24, 2.45) is 5.10 Å². The van der Waals surface area contributed by atoms with Gasteiger partial charge < -0.3 is 10.2 Å². The molecule has 1 saturated carbocycles. The third kappa shape index (κ3) is 5.16. The highest BCUT2D eigenvalue weighted by atomic mass is 32.1. The molecule has 1 fully saturated rings. The van der Waals surface area contributed by atoms with Crippen molar-refractivity contribution >= 4 is 34.9 Å². The predicted molar refractivity (Wildman–Crippen MR) is 101 cm³/mol. The summed E-state index contributed by atoms with van der Waals surface area (Å²) in [6.07, 6.45) is 7.53. The highest BCUT2D eigenvalue weighted by Crippen LogP contribution is 2.27. The maximum Gasteiger partial charge on any atom is 0.293 e. The van der Waals surface area contributed by atoms with Crippen molar-refractivity contribution < 1.29 is 4.92 Å². The molecule has 0 atom stereocenters. The normalized spacial score (nSPS) is 15.2. The van der Waals surface area contributed by atoms with Crippen LogP contribution in [0.1, 0.15) is 37.7 Å². The van der Waals surface area contributed by atoms with Gasteiger partial charge in [0, 0.05) is 31.8 Å². The lowest BCUT2D eigenvalue weighted by molar-refractivity contribution is -0.384. The summed E-state index contributed by atoms with van der Waals surface area (Å²) in [5.74, 6) is 0. The Bertz CT molecular complexity index is 627. The monoisotopic (exact) mass is 349 g/mol. The van der Waals surface area contributed by atoms with Crippen LogP contribution in [0.3, 0.4) is 0 Å². The molecule has 130 valence electrons. The Balaban J connectivity index is 1.94. The van der Waals surface area contributed by atoms with Crippen molar-refractivity contribution in [1.82, 2.24) is 10.7 Å². The predicted octanol–water partition coefficient (Wildman–Crippen LogP) is 2.79. The number of nitro benzene ring substituents is 1. The van der Waals surface area contributed by atoms with Crippen molar-refractivity contribution in [2.75, 3.05) is 19.0 Å². The molecule has 1 aromatic carbocycles. The molecular formula is C16H23N5O2S. The number of nitro groups is 1. The minimum absolute atomic E-state index is 0.0480. The van der Waals surface area contributed by atoms with E-state index in [0.29, 0.717) is 22.4 Å². The van der Waals surface area contributed by atoms with Crippen LogP contribution in [0.5, 0.6) is 0 Å². The number of hydrazone groups is 1. The van der Waals surface area contributed by atoms with Crippen LogP contribution in [0.4, 0.5) is 11.4 Å². The molecule has 0 spiro atoms. The Hall–Kier alpha value is -2.22. The Morgan fingerprint density at radius 1 is 1.38 bits per heavy atom. The second-order valence-corrected chi connectivity index (χ2v) is 6.49. The zero-order chi connectivity index (χ0) is 17.5. The van der Waals surface area contributed by atoms with Crippen LogP contribution in [0.15, 0.2) is 23.3 Å². The zero-order valence-corrected chi connectivity index (χ0v) is 14.8. The average molecular weight is 349 g/mol. The summed E-state index contributed by atoms with van der Waals surface area (Å²) in [5, 5.41) is 19.0. The lowest BCUT2D eigenvalue weighted by atomic mass is 9.96. The molecule has 0 aliphatic heterocycles. The molecule has 2 N–H and O–H groups in total. The summed E-state index contributed by atoms with van der Waals surface area (Å²) in [6, 6.07) is 5.40. The molecule has 24 heavy (non-hydrogen) atoms. The second-order valence-electron chi connectivity index (χ2n) is 6.08. The fraction of sp³-hybridized carbons (Fsp3) is 0.500. The van der Waals surface area contributed by atoms with Gasteiger partial charge in [-0.3, -0.25) is 15.5 Å². The van der Waals surface area contributed by atoms with Crippen molar-refractivity contribution in [1.29, 1.82) is 0 Å². The molecule has 8 heteroatoms. The molecule has 1 aromatic rings. The first-order valence-electron chi connectivity index (χ1n) is 8.02. The molecule has 0 aromatic heterocycles. The van der Waals surface area contributed by atoms with Crippen LogP contribution in [-0.4, -0.2) is 36.4 Å². The molecule has 0 unspecified atom stereocenters. The summed E-state index contributed by atoms with van der Waals surface area (Å²) in [7, 11) is 3.54. The Morgan fingerprint density at radius 3 is 2.71 bits per heavy atom. The standard InChI is InChI=1S/C16H23N5O2S/c1-20(2)14-9-8-12(10-15(14)21(22)23)11-17-19-16(24)18-13-6-4-3-5-7-13/h8-11,13H,3-7H2,1-2H3,(H2,18,19,24)/b17-11-. The summed E-state index contributed by atoms with van der Waals surface area (Å²) >= 11 is 5.22. The maximum absolute atomic E-state index is 11.2. The van der Waals surface area contributed by atoms with E-state index in [2.05, 4.69) is 15.8 Å². The topological polar surface area (TPSA) is 82.8 Å². The van der Waals surface area contributed by atoms with Crippen molar-refractivity contribution in [2.45, 2.75) is 38.1 Å². The highest BCUT2D eigenvalue weighted by molar-refractivity contribution is 7.80. The number of hydrogen-bond acceptors (Lipinski definition) is 5. The number of benzene rings is 1. The van der Waals surface area contributed by atoms with E-state index in [9.17, 15) is 10.1 Å². The molecule has 0 radical (unpaired) electrons. The minimum Gasteiger partial charge on any atom is -0.372 e. The van der Waals surface area contributed by atoms with E-state index < -0.39 is 4.92 Å². The van der Waals surface area contributed by atoms with Gasteiger partial charge in [-0.1, -0.05) is 25.3 Å². The molecule has 1 aliphatic carbocycles. The van der Waals surface area contributed by atoms with Gasteiger partial charge in [0.05, 0.1) is 11.1 Å². The number of anilines is 1. The molecule has 0 amide bonds. The molecule has 2 rings (SSSR count). The summed E-state index contributed by atoms with van der Waals surface area (Å²) < 4.78 is 0. The number of nitrogens with zero attached hydrogens (tertiary/aromatic N) is 3. The number of hydrogen-bond donors (Lipinski definition) is 2. The quantitative estimate of drug-likeness (QED) is 0.368.